The van der Waals surface area contributed by atoms with Gasteiger partial charge >= 0.3 is 0 Å². The highest BCUT2D eigenvalue weighted by molar-refractivity contribution is 6.30. The van der Waals surface area contributed by atoms with Crippen molar-refractivity contribution in [2.24, 2.45) is 0 Å². The summed E-state index contributed by atoms with van der Waals surface area (Å²) in [6.07, 6.45) is 2.89. The fraction of sp³-hybridized carbons (Fsp3) is 0.0625. The van der Waals surface area contributed by atoms with Crippen molar-refractivity contribution < 1.29 is 0 Å². The Balaban J connectivity index is 2.47. The first-order valence-corrected chi connectivity index (χ1v) is 6.00. The standard InChI is InChI=1S/C16H14Cl/c1-2-7-16(13-8-4-3-5-9-13)14-10-6-11-15(17)12-14/h3-12H,1-2H2/b16-7+. The molecule has 2 aromatic carbocycles. The maximum atomic E-state index is 6.03. The summed E-state index contributed by atoms with van der Waals surface area (Å²) in [6, 6.07) is 18.2. The molecule has 0 amide bonds. The van der Waals surface area contributed by atoms with E-state index < -0.39 is 0 Å². The van der Waals surface area contributed by atoms with Crippen LogP contribution in [0.25, 0.3) is 5.57 Å². The number of halogens is 1. The minimum absolute atomic E-state index is 0.758. The molecule has 0 bridgehead atoms. The zero-order valence-corrected chi connectivity index (χ0v) is 10.3. The van der Waals surface area contributed by atoms with Crippen molar-refractivity contribution in [2.75, 3.05) is 0 Å². The van der Waals surface area contributed by atoms with Gasteiger partial charge in [-0.2, -0.15) is 0 Å². The number of benzene rings is 2. The molecule has 17 heavy (non-hydrogen) atoms. The van der Waals surface area contributed by atoms with E-state index in [0.717, 1.165) is 17.0 Å². The average molecular weight is 242 g/mol. The molecular formula is C16H14Cl. The number of hydrogen-bond donors (Lipinski definition) is 0. The first kappa shape index (κ1) is 11.9. The van der Waals surface area contributed by atoms with Gasteiger partial charge in [-0.05, 0) is 42.2 Å². The Morgan fingerprint density at radius 3 is 2.35 bits per heavy atom. The minimum atomic E-state index is 0.758. The third-order valence-electron chi connectivity index (χ3n) is 2.57. The lowest BCUT2D eigenvalue weighted by molar-refractivity contribution is 1.39. The van der Waals surface area contributed by atoms with Crippen LogP contribution in [0.2, 0.25) is 5.02 Å². The lowest BCUT2D eigenvalue weighted by Gasteiger charge is -2.08. The van der Waals surface area contributed by atoms with Crippen LogP contribution in [-0.4, -0.2) is 0 Å². The van der Waals surface area contributed by atoms with Gasteiger partial charge in [0.25, 0.3) is 0 Å². The molecule has 0 spiro atoms. The predicted molar refractivity (Wildman–Crippen MR) is 74.9 cm³/mol. The molecule has 0 fully saturated rings. The van der Waals surface area contributed by atoms with E-state index in [1.807, 2.05) is 36.4 Å². The monoisotopic (exact) mass is 241 g/mol. The summed E-state index contributed by atoms with van der Waals surface area (Å²) in [7, 11) is 0. The van der Waals surface area contributed by atoms with E-state index in [1.165, 1.54) is 11.1 Å². The van der Waals surface area contributed by atoms with Gasteiger partial charge in [0.1, 0.15) is 0 Å². The number of allylic oxidation sites excluding steroid dienone is 1. The zero-order valence-electron chi connectivity index (χ0n) is 9.57. The molecule has 0 unspecified atom stereocenters. The molecule has 0 nitrogen and oxygen atoms in total. The van der Waals surface area contributed by atoms with E-state index >= 15 is 0 Å². The van der Waals surface area contributed by atoms with Crippen molar-refractivity contribution in [3.05, 3.63) is 83.7 Å². The molecule has 0 heterocycles. The Labute approximate surface area is 108 Å². The maximum absolute atomic E-state index is 6.03. The number of hydrogen-bond acceptors (Lipinski definition) is 0. The first-order chi connectivity index (χ1) is 8.31. The van der Waals surface area contributed by atoms with Crippen molar-refractivity contribution in [3.8, 4) is 0 Å². The largest absolute Gasteiger partial charge is 0.0843 e. The summed E-state index contributed by atoms with van der Waals surface area (Å²) in [5, 5.41) is 0.758. The lowest BCUT2D eigenvalue weighted by atomic mass is 9.97. The quantitative estimate of drug-likeness (QED) is 0.710. The smallest absolute Gasteiger partial charge is 0.0412 e. The summed E-state index contributed by atoms with van der Waals surface area (Å²) >= 11 is 6.03. The second-order valence-electron chi connectivity index (χ2n) is 3.78. The highest BCUT2D eigenvalue weighted by Gasteiger charge is 2.04. The van der Waals surface area contributed by atoms with Crippen molar-refractivity contribution >= 4 is 17.2 Å². The summed E-state index contributed by atoms with van der Waals surface area (Å²) in [5.74, 6) is 0. The molecule has 2 rings (SSSR count). The molecule has 0 atom stereocenters. The molecule has 1 heteroatoms. The molecule has 0 aliphatic heterocycles. The van der Waals surface area contributed by atoms with Crippen LogP contribution in [0.3, 0.4) is 0 Å². The highest BCUT2D eigenvalue weighted by Crippen LogP contribution is 2.25. The van der Waals surface area contributed by atoms with Gasteiger partial charge in [-0.1, -0.05) is 60.1 Å². The van der Waals surface area contributed by atoms with Crippen LogP contribution in [0.5, 0.6) is 0 Å². The Morgan fingerprint density at radius 2 is 1.71 bits per heavy atom. The third-order valence-corrected chi connectivity index (χ3v) is 2.80. The minimum Gasteiger partial charge on any atom is -0.0843 e. The van der Waals surface area contributed by atoms with Gasteiger partial charge in [-0.3, -0.25) is 0 Å². The summed E-state index contributed by atoms with van der Waals surface area (Å²) in [4.78, 5) is 0. The second kappa shape index (κ2) is 5.70. The van der Waals surface area contributed by atoms with Crippen LogP contribution >= 0.6 is 11.6 Å². The lowest BCUT2D eigenvalue weighted by Crippen LogP contribution is -1.87. The Kier molecular flexibility index (Phi) is 4.00. The average Bonchev–Trinajstić information content (AvgIpc) is 2.37. The van der Waals surface area contributed by atoms with E-state index in [0.29, 0.717) is 0 Å². The summed E-state index contributed by atoms with van der Waals surface area (Å²) in [5.41, 5.74) is 3.51. The van der Waals surface area contributed by atoms with Crippen molar-refractivity contribution in [1.82, 2.24) is 0 Å². The van der Waals surface area contributed by atoms with Crippen LogP contribution in [0, 0.1) is 6.92 Å². The molecule has 0 aliphatic rings. The van der Waals surface area contributed by atoms with Gasteiger partial charge in [0, 0.05) is 5.02 Å². The molecule has 0 aliphatic carbocycles. The SMILES string of the molecule is [CH2]C/C=C(\c1ccccc1)c1cccc(Cl)c1. The second-order valence-corrected chi connectivity index (χ2v) is 4.22. The Morgan fingerprint density at radius 1 is 1.00 bits per heavy atom. The van der Waals surface area contributed by atoms with Crippen LogP contribution in [0.1, 0.15) is 17.5 Å². The molecule has 85 valence electrons. The van der Waals surface area contributed by atoms with E-state index in [1.54, 1.807) is 0 Å². The zero-order chi connectivity index (χ0) is 12.1. The van der Waals surface area contributed by atoms with Crippen molar-refractivity contribution in [2.45, 2.75) is 6.42 Å². The van der Waals surface area contributed by atoms with Gasteiger partial charge < -0.3 is 0 Å². The highest BCUT2D eigenvalue weighted by atomic mass is 35.5. The molecule has 1 radical (unpaired) electrons. The van der Waals surface area contributed by atoms with E-state index in [2.05, 4.69) is 31.2 Å². The fourth-order valence-corrected chi connectivity index (χ4v) is 2.01. The molecule has 0 saturated heterocycles. The van der Waals surface area contributed by atoms with E-state index in [-0.39, 0.29) is 0 Å². The van der Waals surface area contributed by atoms with Crippen molar-refractivity contribution in [3.63, 3.8) is 0 Å². The molecule has 2 aromatic rings. The normalized spacial score (nSPS) is 11.5. The summed E-state index contributed by atoms with van der Waals surface area (Å²) < 4.78 is 0. The van der Waals surface area contributed by atoms with Crippen LogP contribution in [-0.2, 0) is 0 Å². The molecule has 0 saturated carbocycles. The predicted octanol–water partition coefficient (Wildman–Crippen LogP) is 5.00. The Hall–Kier alpha value is -1.53. The van der Waals surface area contributed by atoms with Gasteiger partial charge in [0.15, 0.2) is 0 Å². The van der Waals surface area contributed by atoms with Crippen LogP contribution in [0.15, 0.2) is 60.7 Å². The van der Waals surface area contributed by atoms with Gasteiger partial charge in [0.2, 0.25) is 0 Å². The van der Waals surface area contributed by atoms with Crippen LogP contribution < -0.4 is 0 Å². The topological polar surface area (TPSA) is 0 Å². The Bertz CT molecular complexity index is 512. The first-order valence-electron chi connectivity index (χ1n) is 5.62. The van der Waals surface area contributed by atoms with E-state index in [4.69, 9.17) is 11.6 Å². The van der Waals surface area contributed by atoms with Crippen LogP contribution in [0.4, 0.5) is 0 Å². The molecule has 0 N–H and O–H groups in total. The van der Waals surface area contributed by atoms with Crippen molar-refractivity contribution in [1.29, 1.82) is 0 Å². The van der Waals surface area contributed by atoms with E-state index in [9.17, 15) is 0 Å². The molecular weight excluding hydrogens is 228 g/mol. The number of rotatable bonds is 3. The molecule has 0 aromatic heterocycles. The summed E-state index contributed by atoms with van der Waals surface area (Å²) in [6.45, 7) is 3.89. The van der Waals surface area contributed by atoms with Gasteiger partial charge in [-0.15, -0.1) is 0 Å². The fourth-order valence-electron chi connectivity index (χ4n) is 1.82. The maximum Gasteiger partial charge on any atom is 0.0412 e. The van der Waals surface area contributed by atoms with Gasteiger partial charge in [-0.25, -0.2) is 0 Å². The third kappa shape index (κ3) is 2.98. The van der Waals surface area contributed by atoms with Gasteiger partial charge in [0.05, 0.1) is 0 Å².